The molecular formula is C20H25F3N4O6. The normalized spacial score (nSPS) is 11.8. The van der Waals surface area contributed by atoms with Crippen LogP contribution in [0.4, 0.5) is 13.2 Å². The zero-order valence-corrected chi connectivity index (χ0v) is 17.8. The average Bonchev–Trinajstić information content (AvgIpc) is 2.76. The van der Waals surface area contributed by atoms with Gasteiger partial charge in [0.25, 0.3) is 5.56 Å². The summed E-state index contributed by atoms with van der Waals surface area (Å²) < 4.78 is 36.5. The van der Waals surface area contributed by atoms with E-state index >= 15 is 0 Å². The summed E-state index contributed by atoms with van der Waals surface area (Å²) in [5.74, 6) is -3.11. The SMILES string of the molecule is COC(=O)[C@H](CCCCN)NC(=O)CCc1nc2ccccc2c(=O)[nH]1.O=C(O)C(F)(F)F. The van der Waals surface area contributed by atoms with E-state index in [1.807, 2.05) is 0 Å². The highest BCUT2D eigenvalue weighted by atomic mass is 19.4. The Morgan fingerprint density at radius 1 is 1.24 bits per heavy atom. The summed E-state index contributed by atoms with van der Waals surface area (Å²) in [6.07, 6.45) is -2.75. The number of fused-ring (bicyclic) bond motifs is 1. The molecule has 10 nitrogen and oxygen atoms in total. The Morgan fingerprint density at radius 2 is 1.88 bits per heavy atom. The number of esters is 1. The Kier molecular flexibility index (Phi) is 11.0. The quantitative estimate of drug-likeness (QED) is 0.312. The van der Waals surface area contributed by atoms with Crippen molar-refractivity contribution >= 4 is 28.7 Å². The first-order valence-electron chi connectivity index (χ1n) is 9.84. The number of unbranched alkanes of at least 4 members (excludes halogenated alkanes) is 1. The lowest BCUT2D eigenvalue weighted by molar-refractivity contribution is -0.192. The van der Waals surface area contributed by atoms with Gasteiger partial charge in [0.2, 0.25) is 5.91 Å². The second-order valence-electron chi connectivity index (χ2n) is 6.76. The standard InChI is InChI=1S/C18H24N4O4.C2HF3O2/c1-26-18(25)14(8-4-5-11-19)21-16(23)10-9-15-20-13-7-3-2-6-12(13)17(24)22-15;3-2(4,5)1(6)7/h2-3,6-7,14H,4-5,8-11,19H2,1H3,(H,21,23)(H,20,22,24);(H,6,7)/t14-;/m0./s1. The number of nitrogens with two attached hydrogens (primary N) is 1. The number of aryl methyl sites for hydroxylation is 1. The highest BCUT2D eigenvalue weighted by Gasteiger charge is 2.38. The summed E-state index contributed by atoms with van der Waals surface area (Å²) in [7, 11) is 1.29. The van der Waals surface area contributed by atoms with Crippen molar-refractivity contribution in [3.63, 3.8) is 0 Å². The number of alkyl halides is 3. The van der Waals surface area contributed by atoms with Crippen LogP contribution in [0.1, 0.15) is 31.5 Å². The molecule has 2 rings (SSSR count). The zero-order valence-electron chi connectivity index (χ0n) is 17.8. The average molecular weight is 474 g/mol. The molecule has 0 unspecified atom stereocenters. The van der Waals surface area contributed by atoms with E-state index < -0.39 is 24.2 Å². The number of rotatable bonds is 9. The molecule has 182 valence electrons. The number of carbonyl (C=O) groups is 3. The molecule has 13 heteroatoms. The van der Waals surface area contributed by atoms with Crippen molar-refractivity contribution in [2.24, 2.45) is 5.73 Å². The van der Waals surface area contributed by atoms with E-state index in [0.29, 0.717) is 29.7 Å². The lowest BCUT2D eigenvalue weighted by Crippen LogP contribution is -2.41. The van der Waals surface area contributed by atoms with E-state index in [9.17, 15) is 27.6 Å². The number of H-pyrrole nitrogens is 1. The summed E-state index contributed by atoms with van der Waals surface area (Å²) in [6.45, 7) is 0.531. The number of amides is 1. The third kappa shape index (κ3) is 9.68. The fourth-order valence-corrected chi connectivity index (χ4v) is 2.64. The predicted octanol–water partition coefficient (Wildman–Crippen LogP) is 1.28. The Hall–Kier alpha value is -3.48. The number of nitrogens with zero attached hydrogens (tertiary/aromatic N) is 1. The number of halogens is 3. The molecule has 1 heterocycles. The maximum Gasteiger partial charge on any atom is 0.490 e. The summed E-state index contributed by atoms with van der Waals surface area (Å²) in [6, 6.07) is 6.32. The lowest BCUT2D eigenvalue weighted by atomic mass is 10.1. The van der Waals surface area contributed by atoms with Crippen molar-refractivity contribution in [3.8, 4) is 0 Å². The Labute approximate surface area is 186 Å². The first-order valence-corrected chi connectivity index (χ1v) is 9.84. The molecule has 0 aliphatic carbocycles. The fourth-order valence-electron chi connectivity index (χ4n) is 2.64. The number of para-hydroxylation sites is 1. The summed E-state index contributed by atoms with van der Waals surface area (Å²) in [5.41, 5.74) is 5.80. The number of aromatic amines is 1. The van der Waals surface area contributed by atoms with Crippen molar-refractivity contribution in [1.82, 2.24) is 15.3 Å². The second-order valence-corrected chi connectivity index (χ2v) is 6.76. The Morgan fingerprint density at radius 3 is 2.45 bits per heavy atom. The van der Waals surface area contributed by atoms with Gasteiger partial charge in [-0.3, -0.25) is 9.59 Å². The third-order valence-electron chi connectivity index (χ3n) is 4.26. The number of hydrogen-bond donors (Lipinski definition) is 4. The van der Waals surface area contributed by atoms with E-state index in [1.54, 1.807) is 24.3 Å². The van der Waals surface area contributed by atoms with E-state index in [2.05, 4.69) is 15.3 Å². The number of carboxylic acid groups (broad SMARTS) is 1. The molecule has 0 spiro atoms. The molecule has 2 aromatic rings. The van der Waals surface area contributed by atoms with Gasteiger partial charge >= 0.3 is 18.1 Å². The molecule has 5 N–H and O–H groups in total. The number of carboxylic acids is 1. The van der Waals surface area contributed by atoms with Crippen LogP contribution in [0.15, 0.2) is 29.1 Å². The molecule has 0 bridgehead atoms. The number of aromatic nitrogens is 2. The molecule has 1 aromatic carbocycles. The number of methoxy groups -OCH3 is 1. The van der Waals surface area contributed by atoms with Crippen molar-refractivity contribution in [3.05, 3.63) is 40.4 Å². The van der Waals surface area contributed by atoms with E-state index in [1.165, 1.54) is 7.11 Å². The van der Waals surface area contributed by atoms with Gasteiger partial charge in [-0.2, -0.15) is 13.2 Å². The molecule has 1 amide bonds. The van der Waals surface area contributed by atoms with Gasteiger partial charge in [-0.05, 0) is 37.9 Å². The van der Waals surface area contributed by atoms with E-state index in [0.717, 1.165) is 12.8 Å². The number of carbonyl (C=O) groups excluding carboxylic acids is 2. The fraction of sp³-hybridized carbons (Fsp3) is 0.450. The topological polar surface area (TPSA) is 164 Å². The number of aliphatic carboxylic acids is 1. The van der Waals surface area contributed by atoms with Crippen molar-refractivity contribution in [1.29, 1.82) is 0 Å². The first-order chi connectivity index (χ1) is 15.5. The van der Waals surface area contributed by atoms with Gasteiger partial charge in [0.1, 0.15) is 11.9 Å². The molecule has 1 aromatic heterocycles. The van der Waals surface area contributed by atoms with Gasteiger partial charge in [0.15, 0.2) is 0 Å². The highest BCUT2D eigenvalue weighted by molar-refractivity contribution is 5.84. The Balaban J connectivity index is 0.000000675. The molecule has 0 fully saturated rings. The van der Waals surface area contributed by atoms with Gasteiger partial charge in [-0.1, -0.05) is 12.1 Å². The summed E-state index contributed by atoms with van der Waals surface area (Å²) >= 11 is 0. The summed E-state index contributed by atoms with van der Waals surface area (Å²) in [4.78, 5) is 51.9. The molecule has 1 atom stereocenters. The van der Waals surface area contributed by atoms with Crippen LogP contribution < -0.4 is 16.6 Å². The molecular weight excluding hydrogens is 449 g/mol. The minimum absolute atomic E-state index is 0.103. The number of hydrogen-bond acceptors (Lipinski definition) is 7. The second kappa shape index (κ2) is 13.2. The molecule has 0 saturated carbocycles. The van der Waals surface area contributed by atoms with Crippen LogP contribution in [0, 0.1) is 0 Å². The van der Waals surface area contributed by atoms with Gasteiger partial charge in [0.05, 0.1) is 18.0 Å². The Bertz CT molecular complexity index is 1010. The predicted molar refractivity (Wildman–Crippen MR) is 111 cm³/mol. The highest BCUT2D eigenvalue weighted by Crippen LogP contribution is 2.13. The van der Waals surface area contributed by atoms with Crippen LogP contribution in [0.2, 0.25) is 0 Å². The van der Waals surface area contributed by atoms with Crippen molar-refractivity contribution in [2.75, 3.05) is 13.7 Å². The van der Waals surface area contributed by atoms with Crippen LogP contribution in [0.5, 0.6) is 0 Å². The number of nitrogens with one attached hydrogen (secondary N) is 2. The maximum atomic E-state index is 12.2. The number of ether oxygens (including phenoxy) is 1. The minimum Gasteiger partial charge on any atom is -0.475 e. The van der Waals surface area contributed by atoms with Gasteiger partial charge in [-0.15, -0.1) is 0 Å². The van der Waals surface area contributed by atoms with Gasteiger partial charge in [-0.25, -0.2) is 14.6 Å². The van der Waals surface area contributed by atoms with Gasteiger partial charge < -0.3 is 25.9 Å². The molecule has 33 heavy (non-hydrogen) atoms. The molecule has 0 aliphatic rings. The lowest BCUT2D eigenvalue weighted by Gasteiger charge is -2.16. The third-order valence-corrected chi connectivity index (χ3v) is 4.26. The number of benzene rings is 1. The van der Waals surface area contributed by atoms with Crippen LogP contribution >= 0.6 is 0 Å². The smallest absolute Gasteiger partial charge is 0.475 e. The van der Waals surface area contributed by atoms with Crippen LogP contribution in [-0.2, 0) is 25.5 Å². The maximum absolute atomic E-state index is 12.2. The first kappa shape index (κ1) is 27.6. The van der Waals surface area contributed by atoms with E-state index in [-0.39, 0.29) is 24.3 Å². The summed E-state index contributed by atoms with van der Waals surface area (Å²) in [5, 5.41) is 10.3. The van der Waals surface area contributed by atoms with E-state index in [4.69, 9.17) is 20.4 Å². The van der Waals surface area contributed by atoms with Crippen LogP contribution in [0.25, 0.3) is 10.9 Å². The monoisotopic (exact) mass is 474 g/mol. The minimum atomic E-state index is -5.08. The molecule has 0 aliphatic heterocycles. The van der Waals surface area contributed by atoms with Crippen molar-refractivity contribution in [2.45, 2.75) is 44.3 Å². The molecule has 0 radical (unpaired) electrons. The van der Waals surface area contributed by atoms with Crippen LogP contribution in [0.3, 0.4) is 0 Å². The van der Waals surface area contributed by atoms with Crippen molar-refractivity contribution < 1.29 is 37.4 Å². The largest absolute Gasteiger partial charge is 0.490 e. The zero-order chi connectivity index (χ0) is 25.0. The molecule has 0 saturated heterocycles. The van der Waals surface area contributed by atoms with Gasteiger partial charge in [0, 0.05) is 12.8 Å². The van der Waals surface area contributed by atoms with Crippen LogP contribution in [-0.4, -0.2) is 58.8 Å².